The normalized spacial score (nSPS) is 7.86. The highest BCUT2D eigenvalue weighted by Crippen LogP contribution is 1.88. The van der Waals surface area contributed by atoms with E-state index in [9.17, 15) is 0 Å². The van der Waals surface area contributed by atoms with Gasteiger partial charge in [-0.05, 0) is 0 Å². The van der Waals surface area contributed by atoms with Crippen LogP contribution in [0.25, 0.3) is 0 Å². The van der Waals surface area contributed by atoms with Gasteiger partial charge in [0, 0.05) is 5.92 Å². The summed E-state index contributed by atoms with van der Waals surface area (Å²) in [5.41, 5.74) is 5.17. The molecule has 0 aromatic heterocycles. The maximum atomic E-state index is 5.17. The SMILES string of the molecule is CC(C)C(N)=S.S. The van der Waals surface area contributed by atoms with Crippen molar-refractivity contribution in [1.29, 1.82) is 0 Å². The Labute approximate surface area is 56.7 Å². The topological polar surface area (TPSA) is 26.0 Å². The molecule has 0 aliphatic heterocycles. The molecule has 0 heterocycles. The van der Waals surface area contributed by atoms with E-state index in [1.165, 1.54) is 0 Å². The largest absolute Gasteiger partial charge is 0.393 e. The fourth-order valence-corrected chi connectivity index (χ4v) is 0. The summed E-state index contributed by atoms with van der Waals surface area (Å²) >= 11 is 4.60. The number of thiocarbonyl (C=S) groups is 1. The quantitative estimate of drug-likeness (QED) is 0.546. The highest BCUT2D eigenvalue weighted by molar-refractivity contribution is 7.80. The molecule has 0 saturated carbocycles. The summed E-state index contributed by atoms with van der Waals surface area (Å²) in [4.78, 5) is 0.593. The molecular weight excluding hydrogens is 126 g/mol. The van der Waals surface area contributed by atoms with Crippen molar-refractivity contribution in [2.45, 2.75) is 13.8 Å². The molecule has 0 saturated heterocycles. The standard InChI is InChI=1S/C4H9NS.H2S/c1-3(2)4(5)6;/h3H,1-2H3,(H2,5,6);1H2. The molecule has 0 aliphatic carbocycles. The first-order valence-electron chi connectivity index (χ1n) is 1.94. The third-order valence-corrected chi connectivity index (χ3v) is 1.04. The molecule has 0 fully saturated rings. The van der Waals surface area contributed by atoms with Gasteiger partial charge in [0.2, 0.25) is 0 Å². The first kappa shape index (κ1) is 10.3. The zero-order valence-corrected chi connectivity index (χ0v) is 6.38. The second kappa shape index (κ2) is 4.40. The van der Waals surface area contributed by atoms with E-state index in [1.807, 2.05) is 13.8 Å². The molecule has 0 aromatic rings. The molecule has 0 atom stereocenters. The molecule has 7 heavy (non-hydrogen) atoms. The Bertz CT molecular complexity index is 60.7. The lowest BCUT2D eigenvalue weighted by molar-refractivity contribution is 0.891. The van der Waals surface area contributed by atoms with Crippen LogP contribution in [-0.4, -0.2) is 4.99 Å². The van der Waals surface area contributed by atoms with E-state index < -0.39 is 0 Å². The van der Waals surface area contributed by atoms with E-state index in [-0.39, 0.29) is 13.5 Å². The highest BCUT2D eigenvalue weighted by Gasteiger charge is 1.90. The van der Waals surface area contributed by atoms with E-state index in [1.54, 1.807) is 0 Å². The van der Waals surface area contributed by atoms with Gasteiger partial charge in [0.1, 0.15) is 0 Å². The van der Waals surface area contributed by atoms with Gasteiger partial charge < -0.3 is 5.73 Å². The minimum atomic E-state index is 0. The molecule has 0 unspecified atom stereocenters. The van der Waals surface area contributed by atoms with Crippen LogP contribution in [-0.2, 0) is 0 Å². The minimum Gasteiger partial charge on any atom is -0.393 e. The summed E-state index contributed by atoms with van der Waals surface area (Å²) in [5, 5.41) is 0. The van der Waals surface area contributed by atoms with Crippen molar-refractivity contribution in [3.8, 4) is 0 Å². The summed E-state index contributed by atoms with van der Waals surface area (Å²) in [7, 11) is 0. The first-order chi connectivity index (χ1) is 2.64. The van der Waals surface area contributed by atoms with Crippen LogP contribution in [0.4, 0.5) is 0 Å². The van der Waals surface area contributed by atoms with Gasteiger partial charge in [-0.25, -0.2) is 0 Å². The van der Waals surface area contributed by atoms with E-state index in [0.717, 1.165) is 0 Å². The van der Waals surface area contributed by atoms with Crippen molar-refractivity contribution in [3.63, 3.8) is 0 Å². The van der Waals surface area contributed by atoms with Crippen molar-refractivity contribution >= 4 is 30.7 Å². The summed E-state index contributed by atoms with van der Waals surface area (Å²) in [6, 6.07) is 0. The van der Waals surface area contributed by atoms with Gasteiger partial charge in [0.25, 0.3) is 0 Å². The van der Waals surface area contributed by atoms with Gasteiger partial charge >= 0.3 is 0 Å². The Hall–Kier alpha value is 0.240. The number of nitrogens with two attached hydrogens (primary N) is 1. The van der Waals surface area contributed by atoms with Gasteiger partial charge in [-0.2, -0.15) is 13.5 Å². The second-order valence-electron chi connectivity index (χ2n) is 1.56. The van der Waals surface area contributed by atoms with Crippen LogP contribution in [0.2, 0.25) is 0 Å². The predicted molar refractivity (Wildman–Crippen MR) is 42.0 cm³/mol. The first-order valence-corrected chi connectivity index (χ1v) is 2.34. The zero-order chi connectivity index (χ0) is 5.15. The molecular formula is C4H11NS2. The summed E-state index contributed by atoms with van der Waals surface area (Å²) in [5.74, 6) is 0.361. The van der Waals surface area contributed by atoms with Gasteiger partial charge in [-0.15, -0.1) is 0 Å². The van der Waals surface area contributed by atoms with Gasteiger partial charge in [-0.1, -0.05) is 26.1 Å². The summed E-state index contributed by atoms with van der Waals surface area (Å²) < 4.78 is 0. The highest BCUT2D eigenvalue weighted by atomic mass is 32.1. The molecule has 0 aromatic carbocycles. The molecule has 0 bridgehead atoms. The number of hydrogen-bond acceptors (Lipinski definition) is 1. The van der Waals surface area contributed by atoms with E-state index in [2.05, 4.69) is 12.2 Å². The van der Waals surface area contributed by atoms with Crippen LogP contribution >= 0.6 is 25.7 Å². The number of rotatable bonds is 1. The van der Waals surface area contributed by atoms with E-state index in [4.69, 9.17) is 5.73 Å². The molecule has 0 rings (SSSR count). The fraction of sp³-hybridized carbons (Fsp3) is 0.750. The molecule has 1 nitrogen and oxygen atoms in total. The van der Waals surface area contributed by atoms with E-state index in [0.29, 0.717) is 10.9 Å². The third-order valence-electron chi connectivity index (χ3n) is 0.569. The summed E-state index contributed by atoms with van der Waals surface area (Å²) in [6.07, 6.45) is 0. The molecule has 0 aliphatic rings. The predicted octanol–water partition coefficient (Wildman–Crippen LogP) is 1.04. The van der Waals surface area contributed by atoms with Crippen LogP contribution in [0.15, 0.2) is 0 Å². The molecule has 2 N–H and O–H groups in total. The zero-order valence-electron chi connectivity index (χ0n) is 4.56. The van der Waals surface area contributed by atoms with Crippen molar-refractivity contribution in [1.82, 2.24) is 0 Å². The number of hydrogen-bond donors (Lipinski definition) is 1. The molecule has 3 heteroatoms. The molecule has 0 spiro atoms. The average Bonchev–Trinajstić information content (AvgIpc) is 1.36. The Balaban J connectivity index is 0. The van der Waals surface area contributed by atoms with Crippen LogP contribution in [0.3, 0.4) is 0 Å². The Morgan fingerprint density at radius 2 is 1.71 bits per heavy atom. The van der Waals surface area contributed by atoms with Crippen LogP contribution < -0.4 is 5.73 Å². The van der Waals surface area contributed by atoms with Gasteiger partial charge in [-0.3, -0.25) is 0 Å². The Morgan fingerprint density at radius 1 is 1.57 bits per heavy atom. The maximum Gasteiger partial charge on any atom is 0.0753 e. The van der Waals surface area contributed by atoms with Gasteiger partial charge in [0.15, 0.2) is 0 Å². The molecule has 0 radical (unpaired) electrons. The van der Waals surface area contributed by atoms with E-state index >= 15 is 0 Å². The van der Waals surface area contributed by atoms with Gasteiger partial charge in [0.05, 0.1) is 4.99 Å². The lowest BCUT2D eigenvalue weighted by Gasteiger charge is -1.95. The van der Waals surface area contributed by atoms with Crippen LogP contribution in [0, 0.1) is 5.92 Å². The maximum absolute atomic E-state index is 5.17. The monoisotopic (exact) mass is 137 g/mol. The summed E-state index contributed by atoms with van der Waals surface area (Å²) in [6.45, 7) is 3.95. The second-order valence-corrected chi connectivity index (χ2v) is 2.03. The Kier molecular flexibility index (Phi) is 6.45. The van der Waals surface area contributed by atoms with Crippen molar-refractivity contribution in [2.75, 3.05) is 0 Å². The lowest BCUT2D eigenvalue weighted by atomic mass is 10.2. The smallest absolute Gasteiger partial charge is 0.0753 e. The molecule has 44 valence electrons. The Morgan fingerprint density at radius 3 is 1.71 bits per heavy atom. The van der Waals surface area contributed by atoms with Crippen molar-refractivity contribution < 1.29 is 0 Å². The lowest BCUT2D eigenvalue weighted by Crippen LogP contribution is -2.14. The minimum absolute atomic E-state index is 0. The third kappa shape index (κ3) is 6.24. The van der Waals surface area contributed by atoms with Crippen LogP contribution in [0.5, 0.6) is 0 Å². The average molecular weight is 137 g/mol. The van der Waals surface area contributed by atoms with Crippen molar-refractivity contribution in [3.05, 3.63) is 0 Å². The van der Waals surface area contributed by atoms with Crippen LogP contribution in [0.1, 0.15) is 13.8 Å². The van der Waals surface area contributed by atoms with Crippen molar-refractivity contribution in [2.24, 2.45) is 11.7 Å². The fourth-order valence-electron chi connectivity index (χ4n) is 0. The molecule has 0 amide bonds.